The SMILES string of the molecule is O=C(/N=C/c1ccccc1)c1ccc2ccccc2c1. The average Bonchev–Trinajstić information content (AvgIpc) is 2.53. The predicted octanol–water partition coefficient (Wildman–Crippen LogP) is 4.10. The van der Waals surface area contributed by atoms with E-state index in [-0.39, 0.29) is 5.91 Å². The van der Waals surface area contributed by atoms with Crippen LogP contribution in [-0.4, -0.2) is 12.1 Å². The van der Waals surface area contributed by atoms with E-state index in [9.17, 15) is 4.79 Å². The number of rotatable bonds is 2. The summed E-state index contributed by atoms with van der Waals surface area (Å²) >= 11 is 0. The van der Waals surface area contributed by atoms with Crippen molar-refractivity contribution in [2.75, 3.05) is 0 Å². The molecule has 0 saturated carbocycles. The Morgan fingerprint density at radius 3 is 2.30 bits per heavy atom. The Bertz CT molecular complexity index is 776. The highest BCUT2D eigenvalue weighted by Crippen LogP contribution is 2.16. The lowest BCUT2D eigenvalue weighted by molar-refractivity contribution is 0.100. The van der Waals surface area contributed by atoms with Gasteiger partial charge in [0.1, 0.15) is 0 Å². The zero-order valence-corrected chi connectivity index (χ0v) is 10.9. The molecule has 3 aromatic carbocycles. The minimum Gasteiger partial charge on any atom is -0.267 e. The maximum atomic E-state index is 12.1. The van der Waals surface area contributed by atoms with Crippen molar-refractivity contribution < 1.29 is 4.79 Å². The Labute approximate surface area is 117 Å². The highest BCUT2D eigenvalue weighted by atomic mass is 16.1. The predicted molar refractivity (Wildman–Crippen MR) is 82.3 cm³/mol. The van der Waals surface area contributed by atoms with Gasteiger partial charge in [0.25, 0.3) is 5.91 Å². The summed E-state index contributed by atoms with van der Waals surface area (Å²) in [6.07, 6.45) is 1.59. The van der Waals surface area contributed by atoms with Gasteiger partial charge >= 0.3 is 0 Å². The van der Waals surface area contributed by atoms with E-state index in [1.54, 1.807) is 6.21 Å². The van der Waals surface area contributed by atoms with Crippen LogP contribution in [0.3, 0.4) is 0 Å². The van der Waals surface area contributed by atoms with Crippen molar-refractivity contribution in [3.05, 3.63) is 83.9 Å². The maximum absolute atomic E-state index is 12.1. The van der Waals surface area contributed by atoms with Crippen LogP contribution >= 0.6 is 0 Å². The second kappa shape index (κ2) is 5.49. The molecule has 0 unspecified atom stereocenters. The van der Waals surface area contributed by atoms with Gasteiger partial charge in [0, 0.05) is 11.8 Å². The van der Waals surface area contributed by atoms with Gasteiger partial charge in [0.2, 0.25) is 0 Å². The molecule has 2 heteroatoms. The number of aliphatic imine (C=N–C) groups is 1. The number of amides is 1. The molecule has 0 spiro atoms. The fourth-order valence-corrected chi connectivity index (χ4v) is 2.07. The monoisotopic (exact) mass is 259 g/mol. The first-order chi connectivity index (χ1) is 9.83. The van der Waals surface area contributed by atoms with E-state index in [0.29, 0.717) is 5.56 Å². The third kappa shape index (κ3) is 2.64. The molecule has 2 nitrogen and oxygen atoms in total. The first-order valence-electron chi connectivity index (χ1n) is 6.45. The Kier molecular flexibility index (Phi) is 3.38. The highest BCUT2D eigenvalue weighted by Gasteiger charge is 2.03. The first kappa shape index (κ1) is 12.3. The molecule has 0 radical (unpaired) electrons. The molecular weight excluding hydrogens is 246 g/mol. The average molecular weight is 259 g/mol. The van der Waals surface area contributed by atoms with Gasteiger partial charge < -0.3 is 0 Å². The quantitative estimate of drug-likeness (QED) is 0.637. The first-order valence-corrected chi connectivity index (χ1v) is 6.45. The van der Waals surface area contributed by atoms with E-state index in [0.717, 1.165) is 16.3 Å². The van der Waals surface area contributed by atoms with Gasteiger partial charge in [-0.2, -0.15) is 0 Å². The second-order valence-electron chi connectivity index (χ2n) is 4.54. The third-order valence-electron chi connectivity index (χ3n) is 3.13. The van der Waals surface area contributed by atoms with Gasteiger partial charge in [0.15, 0.2) is 0 Å². The van der Waals surface area contributed by atoms with Crippen LogP contribution in [0.4, 0.5) is 0 Å². The van der Waals surface area contributed by atoms with Crippen LogP contribution in [0, 0.1) is 0 Å². The number of benzene rings is 3. The van der Waals surface area contributed by atoms with Gasteiger partial charge in [-0.25, -0.2) is 4.99 Å². The highest BCUT2D eigenvalue weighted by molar-refractivity contribution is 6.03. The number of fused-ring (bicyclic) bond motifs is 1. The van der Waals surface area contributed by atoms with Crippen molar-refractivity contribution in [2.45, 2.75) is 0 Å². The number of nitrogens with zero attached hydrogens (tertiary/aromatic N) is 1. The van der Waals surface area contributed by atoms with Gasteiger partial charge in [-0.05, 0) is 28.5 Å². The lowest BCUT2D eigenvalue weighted by Crippen LogP contribution is -1.95. The fraction of sp³-hybridized carbons (Fsp3) is 0. The summed E-state index contributed by atoms with van der Waals surface area (Å²) in [5, 5.41) is 2.17. The molecule has 96 valence electrons. The molecule has 3 aromatic rings. The number of carbonyl (C=O) groups excluding carboxylic acids is 1. The van der Waals surface area contributed by atoms with E-state index in [1.807, 2.05) is 72.8 Å². The molecule has 20 heavy (non-hydrogen) atoms. The standard InChI is InChI=1S/C18H13NO/c20-18(19-13-14-6-2-1-3-7-14)17-11-10-15-8-4-5-9-16(15)12-17/h1-13H/b19-13+. The number of hydrogen-bond acceptors (Lipinski definition) is 1. The molecule has 0 N–H and O–H groups in total. The second-order valence-corrected chi connectivity index (χ2v) is 4.54. The summed E-state index contributed by atoms with van der Waals surface area (Å²) in [5.41, 5.74) is 1.53. The van der Waals surface area contributed by atoms with Gasteiger partial charge in [0.05, 0.1) is 0 Å². The lowest BCUT2D eigenvalue weighted by atomic mass is 10.1. The minimum absolute atomic E-state index is 0.223. The van der Waals surface area contributed by atoms with Gasteiger partial charge in [-0.1, -0.05) is 60.7 Å². The summed E-state index contributed by atoms with van der Waals surface area (Å²) in [6.45, 7) is 0. The van der Waals surface area contributed by atoms with Crippen LogP contribution in [0.5, 0.6) is 0 Å². The molecule has 0 bridgehead atoms. The number of hydrogen-bond donors (Lipinski definition) is 0. The van der Waals surface area contributed by atoms with Crippen LogP contribution in [-0.2, 0) is 0 Å². The summed E-state index contributed by atoms with van der Waals surface area (Å²) in [5.74, 6) is -0.223. The van der Waals surface area contributed by atoms with Crippen molar-refractivity contribution in [1.29, 1.82) is 0 Å². The van der Waals surface area contributed by atoms with E-state index in [2.05, 4.69) is 4.99 Å². The Morgan fingerprint density at radius 1 is 0.800 bits per heavy atom. The van der Waals surface area contributed by atoms with Gasteiger partial charge in [-0.3, -0.25) is 4.79 Å². The molecule has 0 heterocycles. The molecule has 0 saturated heterocycles. The largest absolute Gasteiger partial charge is 0.276 e. The zero-order valence-electron chi connectivity index (χ0n) is 10.9. The summed E-state index contributed by atoms with van der Waals surface area (Å²) in [6, 6.07) is 23.2. The Morgan fingerprint density at radius 2 is 1.50 bits per heavy atom. The van der Waals surface area contributed by atoms with E-state index in [1.165, 1.54) is 0 Å². The molecule has 0 aliphatic rings. The molecule has 0 aromatic heterocycles. The van der Waals surface area contributed by atoms with Crippen molar-refractivity contribution >= 4 is 22.9 Å². The van der Waals surface area contributed by atoms with Crippen molar-refractivity contribution in [3.63, 3.8) is 0 Å². The Hall–Kier alpha value is -2.74. The van der Waals surface area contributed by atoms with Crippen LogP contribution in [0.25, 0.3) is 10.8 Å². The molecule has 0 atom stereocenters. The molecular formula is C18H13NO. The van der Waals surface area contributed by atoms with Crippen molar-refractivity contribution in [2.24, 2.45) is 4.99 Å². The molecule has 3 rings (SSSR count). The topological polar surface area (TPSA) is 29.4 Å². The van der Waals surface area contributed by atoms with E-state index >= 15 is 0 Å². The maximum Gasteiger partial charge on any atom is 0.276 e. The van der Waals surface area contributed by atoms with E-state index < -0.39 is 0 Å². The fourth-order valence-electron chi connectivity index (χ4n) is 2.07. The zero-order chi connectivity index (χ0) is 13.8. The van der Waals surface area contributed by atoms with Gasteiger partial charge in [-0.15, -0.1) is 0 Å². The third-order valence-corrected chi connectivity index (χ3v) is 3.13. The summed E-state index contributed by atoms with van der Waals surface area (Å²) < 4.78 is 0. The normalized spacial score (nSPS) is 11.0. The van der Waals surface area contributed by atoms with Crippen LogP contribution < -0.4 is 0 Å². The van der Waals surface area contributed by atoms with Crippen LogP contribution in [0.2, 0.25) is 0 Å². The van der Waals surface area contributed by atoms with Crippen molar-refractivity contribution in [1.82, 2.24) is 0 Å². The summed E-state index contributed by atoms with van der Waals surface area (Å²) in [7, 11) is 0. The minimum atomic E-state index is -0.223. The lowest BCUT2D eigenvalue weighted by Gasteiger charge is -2.00. The molecule has 0 aliphatic heterocycles. The molecule has 1 amide bonds. The molecule has 0 fully saturated rings. The number of carbonyl (C=O) groups is 1. The van der Waals surface area contributed by atoms with Crippen LogP contribution in [0.1, 0.15) is 15.9 Å². The summed E-state index contributed by atoms with van der Waals surface area (Å²) in [4.78, 5) is 16.1. The Balaban J connectivity index is 1.87. The molecule has 0 aliphatic carbocycles. The van der Waals surface area contributed by atoms with Crippen LogP contribution in [0.15, 0.2) is 77.8 Å². The van der Waals surface area contributed by atoms with E-state index in [4.69, 9.17) is 0 Å². The van der Waals surface area contributed by atoms with Crippen molar-refractivity contribution in [3.8, 4) is 0 Å². The smallest absolute Gasteiger partial charge is 0.267 e.